The lowest BCUT2D eigenvalue weighted by molar-refractivity contribution is 0.0953. The summed E-state index contributed by atoms with van der Waals surface area (Å²) in [6.45, 7) is 9.35. The Balaban J connectivity index is 1.86. The summed E-state index contributed by atoms with van der Waals surface area (Å²) in [4.78, 5) is 31.4. The molecule has 4 rings (SSSR count). The van der Waals surface area contributed by atoms with Crippen molar-refractivity contribution in [2.24, 2.45) is 11.7 Å². The summed E-state index contributed by atoms with van der Waals surface area (Å²) in [6.07, 6.45) is -2.80. The van der Waals surface area contributed by atoms with Gasteiger partial charge in [-0.05, 0) is 54.2 Å². The van der Waals surface area contributed by atoms with E-state index in [0.29, 0.717) is 22.6 Å². The predicted octanol–water partition coefficient (Wildman–Crippen LogP) is 6.73. The molecular weight excluding hydrogens is 586 g/mol. The predicted molar refractivity (Wildman–Crippen MR) is 154 cm³/mol. The van der Waals surface area contributed by atoms with Crippen molar-refractivity contribution < 1.29 is 31.6 Å². The number of nitrogens with one attached hydrogen (secondary N) is 1. The van der Waals surface area contributed by atoms with E-state index in [1.807, 2.05) is 13.8 Å². The molecule has 3 aromatic heterocycles. The van der Waals surface area contributed by atoms with Crippen LogP contribution in [0.5, 0.6) is 0 Å². The molecule has 2 amide bonds. The number of benzene rings is 1. The maximum absolute atomic E-state index is 13.6. The molecule has 0 fully saturated rings. The van der Waals surface area contributed by atoms with E-state index in [1.165, 1.54) is 12.1 Å². The topological polar surface area (TPSA) is 124 Å². The number of thiophene rings is 1. The smallest absolute Gasteiger partial charge is 0.261 e. The molecule has 0 unspecified atom stereocenters. The van der Waals surface area contributed by atoms with Crippen molar-refractivity contribution in [3.05, 3.63) is 81.8 Å². The van der Waals surface area contributed by atoms with Crippen LogP contribution in [0.4, 0.5) is 17.6 Å². The molecule has 226 valence electrons. The van der Waals surface area contributed by atoms with Crippen LogP contribution in [-0.2, 0) is 13.0 Å². The van der Waals surface area contributed by atoms with Crippen molar-refractivity contribution in [2.45, 2.75) is 53.0 Å². The molecule has 0 spiro atoms. The van der Waals surface area contributed by atoms with Crippen LogP contribution >= 0.6 is 11.3 Å². The van der Waals surface area contributed by atoms with Crippen LogP contribution in [0.3, 0.4) is 0 Å². The van der Waals surface area contributed by atoms with Crippen molar-refractivity contribution in [1.82, 2.24) is 20.5 Å². The number of allylic oxidation sites excluding steroid dienone is 1. The van der Waals surface area contributed by atoms with Crippen LogP contribution in [0.25, 0.3) is 27.5 Å². The molecule has 4 aromatic rings. The summed E-state index contributed by atoms with van der Waals surface area (Å²) in [5.41, 5.74) is 7.60. The van der Waals surface area contributed by atoms with Gasteiger partial charge in [0.25, 0.3) is 17.7 Å². The summed E-state index contributed by atoms with van der Waals surface area (Å²) in [6, 6.07) is 6.45. The van der Waals surface area contributed by atoms with Crippen LogP contribution in [-0.4, -0.2) is 33.4 Å². The summed E-state index contributed by atoms with van der Waals surface area (Å²) in [5, 5.41) is 10.7. The minimum atomic E-state index is -2.57. The Morgan fingerprint density at radius 1 is 1.09 bits per heavy atom. The molecule has 3 heterocycles. The average molecular weight is 616 g/mol. The highest BCUT2D eigenvalue weighted by Gasteiger charge is 2.30. The van der Waals surface area contributed by atoms with Gasteiger partial charge in [0.05, 0.1) is 27.4 Å². The number of aryl methyl sites for hydroxylation is 1. The van der Waals surface area contributed by atoms with Gasteiger partial charge in [-0.1, -0.05) is 26.5 Å². The maximum Gasteiger partial charge on any atom is 0.261 e. The van der Waals surface area contributed by atoms with Crippen molar-refractivity contribution in [3.8, 4) is 21.9 Å². The fraction of sp³-hybridized carbons (Fsp3) is 0.300. The molecule has 0 aliphatic rings. The molecule has 0 saturated carbocycles. The molecule has 0 aliphatic carbocycles. The second kappa shape index (κ2) is 13.3. The third-order valence-electron chi connectivity index (χ3n) is 6.37. The number of carbonyl (C=O) groups excluding carboxylic acids is 2. The molecule has 43 heavy (non-hydrogen) atoms. The number of hydrogen-bond donors (Lipinski definition) is 2. The molecule has 13 heteroatoms. The molecule has 0 atom stereocenters. The van der Waals surface area contributed by atoms with Crippen molar-refractivity contribution in [1.29, 1.82) is 0 Å². The van der Waals surface area contributed by atoms with Crippen molar-refractivity contribution >= 4 is 28.7 Å². The Morgan fingerprint density at radius 2 is 1.84 bits per heavy atom. The largest absolute Gasteiger partial charge is 0.421 e. The Bertz CT molecular complexity index is 1680. The molecule has 3 N–H and O–H groups in total. The van der Waals surface area contributed by atoms with Crippen LogP contribution < -0.4 is 11.1 Å². The number of nitrogens with zero attached hydrogens (tertiary/aromatic N) is 3. The van der Waals surface area contributed by atoms with Gasteiger partial charge in [0.1, 0.15) is 0 Å². The fourth-order valence-corrected chi connectivity index (χ4v) is 5.44. The average Bonchev–Trinajstić information content (AvgIpc) is 3.60. The minimum absolute atomic E-state index is 0.0236. The molecule has 0 aliphatic heterocycles. The number of halogens is 4. The maximum atomic E-state index is 13.6. The third-order valence-corrected chi connectivity index (χ3v) is 7.47. The number of carbonyl (C=O) groups is 2. The quantitative estimate of drug-likeness (QED) is 0.170. The van der Waals surface area contributed by atoms with Crippen molar-refractivity contribution in [3.63, 3.8) is 0 Å². The third kappa shape index (κ3) is 7.34. The molecule has 0 saturated heterocycles. The van der Waals surface area contributed by atoms with E-state index < -0.39 is 36.3 Å². The number of hydrogen-bond acceptors (Lipinski definition) is 7. The first-order chi connectivity index (χ1) is 20.3. The highest BCUT2D eigenvalue weighted by atomic mass is 32.1. The molecule has 1 aromatic carbocycles. The van der Waals surface area contributed by atoms with E-state index in [0.717, 1.165) is 23.5 Å². The van der Waals surface area contributed by atoms with E-state index in [-0.39, 0.29) is 63.5 Å². The first kappa shape index (κ1) is 31.5. The van der Waals surface area contributed by atoms with Gasteiger partial charge in [0, 0.05) is 30.3 Å². The highest BCUT2D eigenvalue weighted by Crippen LogP contribution is 2.43. The number of rotatable bonds is 12. The van der Waals surface area contributed by atoms with Gasteiger partial charge in [0.15, 0.2) is 11.6 Å². The summed E-state index contributed by atoms with van der Waals surface area (Å²) in [5.74, 6) is -3.11. The zero-order chi connectivity index (χ0) is 31.4. The van der Waals surface area contributed by atoms with E-state index >= 15 is 0 Å². The second-order valence-electron chi connectivity index (χ2n) is 10.2. The van der Waals surface area contributed by atoms with Gasteiger partial charge in [-0.15, -0.1) is 21.5 Å². The zero-order valence-corrected chi connectivity index (χ0v) is 24.5. The van der Waals surface area contributed by atoms with Crippen LogP contribution in [0, 0.1) is 24.5 Å². The number of aromatic nitrogens is 3. The lowest BCUT2D eigenvalue weighted by Gasteiger charge is -2.20. The summed E-state index contributed by atoms with van der Waals surface area (Å²) < 4.78 is 58.9. The zero-order valence-electron chi connectivity index (χ0n) is 23.6. The SMILES string of the molecule is C=C(CCC(F)F)c1nc(CC(C)C)c(C(N)=O)c(-c2ccc(C(=O)NCc3ccc(F)c(F)c3)s2)c1-c1nnc(C)o1. The number of amides is 2. The Labute approximate surface area is 249 Å². The molecule has 0 bridgehead atoms. The van der Waals surface area contributed by atoms with Gasteiger partial charge in [0.2, 0.25) is 12.3 Å². The Morgan fingerprint density at radius 3 is 2.44 bits per heavy atom. The Kier molecular flexibility index (Phi) is 9.74. The number of primary amides is 1. The first-order valence-corrected chi connectivity index (χ1v) is 14.1. The van der Waals surface area contributed by atoms with E-state index in [2.05, 4.69) is 22.1 Å². The monoisotopic (exact) mass is 615 g/mol. The van der Waals surface area contributed by atoms with E-state index in [9.17, 15) is 27.2 Å². The molecular formula is C30H29F4N5O3S. The van der Waals surface area contributed by atoms with Gasteiger partial charge in [-0.3, -0.25) is 14.6 Å². The summed E-state index contributed by atoms with van der Waals surface area (Å²) in [7, 11) is 0. The van der Waals surface area contributed by atoms with Crippen molar-refractivity contribution in [2.75, 3.05) is 0 Å². The van der Waals surface area contributed by atoms with Crippen LogP contribution in [0.2, 0.25) is 0 Å². The second-order valence-corrected chi connectivity index (χ2v) is 11.3. The number of pyridine rings is 1. The van der Waals surface area contributed by atoms with E-state index in [4.69, 9.17) is 15.1 Å². The molecule has 0 radical (unpaired) electrons. The number of alkyl halides is 2. The Hall–Kier alpha value is -4.39. The van der Waals surface area contributed by atoms with Crippen LogP contribution in [0.1, 0.15) is 69.6 Å². The number of nitrogens with two attached hydrogens (primary N) is 1. The highest BCUT2D eigenvalue weighted by molar-refractivity contribution is 7.17. The first-order valence-electron chi connectivity index (χ1n) is 13.3. The van der Waals surface area contributed by atoms with E-state index in [1.54, 1.807) is 13.0 Å². The minimum Gasteiger partial charge on any atom is -0.421 e. The van der Waals surface area contributed by atoms with Gasteiger partial charge < -0.3 is 15.5 Å². The van der Waals surface area contributed by atoms with Gasteiger partial charge in [-0.25, -0.2) is 17.6 Å². The molecule has 8 nitrogen and oxygen atoms in total. The standard InChI is InChI=1S/C30H29F4N5O3S/c1-14(2)11-20-24(28(35)40)25(26(30-39-38-16(4)42-30)27(37-20)15(3)5-10-23(33)34)21-8-9-22(43-21)29(41)36-13-17-6-7-18(31)19(32)12-17/h6-9,12,14,23H,3,5,10-11,13H2,1-2,4H3,(H2,35,40)(H,36,41). The van der Waals surface area contributed by atoms with Gasteiger partial charge in [-0.2, -0.15) is 0 Å². The summed E-state index contributed by atoms with van der Waals surface area (Å²) >= 11 is 1.03. The lowest BCUT2D eigenvalue weighted by atomic mass is 9.90. The fourth-order valence-electron chi connectivity index (χ4n) is 4.46. The lowest BCUT2D eigenvalue weighted by Crippen LogP contribution is -2.21. The normalized spacial score (nSPS) is 11.4. The van der Waals surface area contributed by atoms with Crippen LogP contribution in [0.15, 0.2) is 41.3 Å². The van der Waals surface area contributed by atoms with Gasteiger partial charge >= 0.3 is 0 Å².